The van der Waals surface area contributed by atoms with Gasteiger partial charge in [0.25, 0.3) is 5.69 Å². The first-order valence-corrected chi connectivity index (χ1v) is 8.76. The van der Waals surface area contributed by atoms with E-state index in [-0.39, 0.29) is 18.0 Å². The summed E-state index contributed by atoms with van der Waals surface area (Å²) in [4.78, 5) is 22.4. The smallest absolute Gasteiger partial charge is 0.273 e. The number of methoxy groups -OCH3 is 1. The lowest BCUT2D eigenvalue weighted by atomic mass is 10.1. The van der Waals surface area contributed by atoms with Crippen molar-refractivity contribution in [1.29, 1.82) is 0 Å². The van der Waals surface area contributed by atoms with Gasteiger partial charge in [0.2, 0.25) is 5.91 Å². The molecule has 3 rings (SSSR count). The monoisotopic (exact) mass is 393 g/mol. The van der Waals surface area contributed by atoms with Gasteiger partial charge in [0.05, 0.1) is 36.3 Å². The molecule has 0 atom stereocenters. The normalized spacial score (nSPS) is 10.8. The number of hydrogen-bond donors (Lipinski definition) is 1. The number of hydrazone groups is 1. The fourth-order valence-corrected chi connectivity index (χ4v) is 2.66. The Balaban J connectivity index is 1.65. The highest BCUT2D eigenvalue weighted by molar-refractivity contribution is 5.82. The number of rotatable bonds is 7. The van der Waals surface area contributed by atoms with Gasteiger partial charge in [-0.3, -0.25) is 14.9 Å². The summed E-state index contributed by atoms with van der Waals surface area (Å²) in [5.74, 6) is 0.956. The fourth-order valence-electron chi connectivity index (χ4n) is 2.66. The second-order valence-electron chi connectivity index (χ2n) is 6.30. The zero-order valence-corrected chi connectivity index (χ0v) is 15.9. The van der Waals surface area contributed by atoms with E-state index < -0.39 is 4.92 Å². The summed E-state index contributed by atoms with van der Waals surface area (Å²) in [5, 5.41) is 14.8. The van der Waals surface area contributed by atoms with Crippen molar-refractivity contribution >= 4 is 17.8 Å². The van der Waals surface area contributed by atoms with Crippen LogP contribution in [0.3, 0.4) is 0 Å². The molecule has 8 heteroatoms. The maximum Gasteiger partial charge on any atom is 0.273 e. The zero-order valence-electron chi connectivity index (χ0n) is 15.9. The molecule has 8 nitrogen and oxygen atoms in total. The quantitative estimate of drug-likeness (QED) is 0.373. The highest BCUT2D eigenvalue weighted by atomic mass is 16.6. The second kappa shape index (κ2) is 8.83. The van der Waals surface area contributed by atoms with E-state index in [0.29, 0.717) is 22.8 Å². The van der Waals surface area contributed by atoms with Crippen molar-refractivity contribution in [3.05, 3.63) is 81.6 Å². The lowest BCUT2D eigenvalue weighted by Crippen LogP contribution is -2.19. The van der Waals surface area contributed by atoms with Crippen LogP contribution in [0, 0.1) is 17.0 Å². The Bertz CT molecular complexity index is 1050. The number of carbonyl (C=O) groups excluding carboxylic acids is 1. The van der Waals surface area contributed by atoms with Crippen LogP contribution in [0.5, 0.6) is 5.75 Å². The van der Waals surface area contributed by atoms with Crippen LogP contribution < -0.4 is 10.2 Å². The molecule has 0 saturated heterocycles. The maximum atomic E-state index is 12.0. The minimum Gasteiger partial charge on any atom is -0.496 e. The number of aryl methyl sites for hydroxylation is 1. The van der Waals surface area contributed by atoms with Crippen LogP contribution in [0.1, 0.15) is 16.9 Å². The van der Waals surface area contributed by atoms with Crippen molar-refractivity contribution in [2.24, 2.45) is 5.10 Å². The van der Waals surface area contributed by atoms with Crippen LogP contribution >= 0.6 is 0 Å². The topological polar surface area (TPSA) is 107 Å². The van der Waals surface area contributed by atoms with Crippen molar-refractivity contribution in [3.8, 4) is 17.1 Å². The molecule has 0 saturated carbocycles. The highest BCUT2D eigenvalue weighted by Gasteiger charge is 2.15. The number of ether oxygens (including phenoxy) is 1. The van der Waals surface area contributed by atoms with Crippen molar-refractivity contribution in [1.82, 2.24) is 5.43 Å². The number of nitro benzene ring substituents is 1. The lowest BCUT2D eigenvalue weighted by Gasteiger charge is -2.05. The van der Waals surface area contributed by atoms with Crippen LogP contribution in [0.2, 0.25) is 0 Å². The Morgan fingerprint density at radius 1 is 1.21 bits per heavy atom. The van der Waals surface area contributed by atoms with Crippen molar-refractivity contribution in [2.75, 3.05) is 7.11 Å². The number of nitro groups is 1. The number of nitrogens with one attached hydrogen (secondary N) is 1. The van der Waals surface area contributed by atoms with E-state index in [4.69, 9.17) is 9.15 Å². The van der Waals surface area contributed by atoms with Crippen LogP contribution in [0.15, 0.2) is 64.1 Å². The first-order valence-electron chi connectivity index (χ1n) is 8.76. The molecule has 2 aromatic carbocycles. The zero-order chi connectivity index (χ0) is 20.8. The second-order valence-corrected chi connectivity index (χ2v) is 6.30. The van der Waals surface area contributed by atoms with Gasteiger partial charge in [-0.15, -0.1) is 0 Å². The number of non-ortho nitro benzene ring substituents is 1. The van der Waals surface area contributed by atoms with Crippen LogP contribution in [0.4, 0.5) is 5.69 Å². The molecule has 29 heavy (non-hydrogen) atoms. The average Bonchev–Trinajstić information content (AvgIpc) is 3.18. The SMILES string of the molecule is COc1cc([N+](=O)[O-])ccc1-c1ccc(/C=N\NC(=O)Cc2ccc(C)cc2)o1. The molecule has 0 bridgehead atoms. The van der Waals surface area contributed by atoms with Gasteiger partial charge >= 0.3 is 0 Å². The van der Waals surface area contributed by atoms with Crippen LogP contribution in [-0.4, -0.2) is 24.2 Å². The van der Waals surface area contributed by atoms with Crippen molar-refractivity contribution in [2.45, 2.75) is 13.3 Å². The first-order chi connectivity index (χ1) is 14.0. The molecule has 1 aromatic heterocycles. The summed E-state index contributed by atoms with van der Waals surface area (Å²) >= 11 is 0. The Morgan fingerprint density at radius 2 is 1.97 bits per heavy atom. The Kier molecular flexibility index (Phi) is 6.03. The maximum absolute atomic E-state index is 12.0. The third kappa shape index (κ3) is 5.07. The van der Waals surface area contributed by atoms with Gasteiger partial charge in [-0.05, 0) is 30.7 Å². The van der Waals surface area contributed by atoms with Crippen molar-refractivity contribution < 1.29 is 18.9 Å². The van der Waals surface area contributed by atoms with E-state index >= 15 is 0 Å². The summed E-state index contributed by atoms with van der Waals surface area (Å²) in [5.41, 5.74) is 4.98. The summed E-state index contributed by atoms with van der Waals surface area (Å²) in [6.45, 7) is 1.98. The summed E-state index contributed by atoms with van der Waals surface area (Å²) < 4.78 is 10.9. The summed E-state index contributed by atoms with van der Waals surface area (Å²) in [6, 6.07) is 15.3. The molecule has 0 aliphatic rings. The van der Waals surface area contributed by atoms with E-state index in [0.717, 1.165) is 11.1 Å². The molecule has 1 N–H and O–H groups in total. The molecular weight excluding hydrogens is 374 g/mol. The van der Waals surface area contributed by atoms with Crippen molar-refractivity contribution in [3.63, 3.8) is 0 Å². The average molecular weight is 393 g/mol. The fraction of sp³-hybridized carbons (Fsp3) is 0.143. The molecule has 0 unspecified atom stereocenters. The van der Waals surface area contributed by atoms with Gasteiger partial charge in [-0.1, -0.05) is 29.8 Å². The highest BCUT2D eigenvalue weighted by Crippen LogP contribution is 2.33. The molecule has 0 fully saturated rings. The van der Waals surface area contributed by atoms with E-state index in [2.05, 4.69) is 10.5 Å². The predicted octanol–water partition coefficient (Wildman–Crippen LogP) is 3.86. The molecule has 3 aromatic rings. The number of nitrogens with zero attached hydrogens (tertiary/aromatic N) is 2. The lowest BCUT2D eigenvalue weighted by molar-refractivity contribution is -0.384. The number of hydrogen-bond acceptors (Lipinski definition) is 6. The summed E-state index contributed by atoms with van der Waals surface area (Å²) in [6.07, 6.45) is 1.61. The van der Waals surface area contributed by atoms with Gasteiger partial charge in [0, 0.05) is 6.07 Å². The number of amides is 1. The van der Waals surface area contributed by atoms with Gasteiger partial charge in [-0.25, -0.2) is 5.43 Å². The third-order valence-electron chi connectivity index (χ3n) is 4.15. The predicted molar refractivity (Wildman–Crippen MR) is 108 cm³/mol. The van der Waals surface area contributed by atoms with Crippen LogP contribution in [-0.2, 0) is 11.2 Å². The molecule has 1 amide bonds. The molecular formula is C21H19N3O5. The minimum atomic E-state index is -0.494. The van der Waals surface area contributed by atoms with Gasteiger partial charge in [-0.2, -0.15) is 5.10 Å². The van der Waals surface area contributed by atoms with E-state index in [1.54, 1.807) is 18.2 Å². The molecule has 0 aliphatic heterocycles. The molecule has 0 radical (unpaired) electrons. The summed E-state index contributed by atoms with van der Waals surface area (Å²) in [7, 11) is 1.43. The van der Waals surface area contributed by atoms with E-state index in [1.165, 1.54) is 25.5 Å². The van der Waals surface area contributed by atoms with Crippen LogP contribution in [0.25, 0.3) is 11.3 Å². The number of carbonyl (C=O) groups is 1. The molecule has 148 valence electrons. The van der Waals surface area contributed by atoms with E-state index in [1.807, 2.05) is 31.2 Å². The van der Waals surface area contributed by atoms with Gasteiger partial charge in [0.15, 0.2) is 0 Å². The molecule has 0 aliphatic carbocycles. The Hall–Kier alpha value is -3.94. The standard InChI is InChI=1S/C21H19N3O5/c1-14-3-5-15(6-4-14)11-21(25)23-22-13-17-8-10-19(29-17)18-9-7-16(24(26)27)12-20(18)28-2/h3-10,12-13H,11H2,1-2H3,(H,23,25)/b22-13-. The van der Waals surface area contributed by atoms with Gasteiger partial charge < -0.3 is 9.15 Å². The molecule has 1 heterocycles. The first kappa shape index (κ1) is 19.8. The largest absolute Gasteiger partial charge is 0.496 e. The third-order valence-corrected chi connectivity index (χ3v) is 4.15. The number of benzene rings is 2. The Morgan fingerprint density at radius 3 is 2.66 bits per heavy atom. The Labute approximate surface area is 167 Å². The van der Waals surface area contributed by atoms with Gasteiger partial charge in [0.1, 0.15) is 17.3 Å². The molecule has 0 spiro atoms. The minimum absolute atomic E-state index is 0.0739. The number of furan rings is 1. The van der Waals surface area contributed by atoms with E-state index in [9.17, 15) is 14.9 Å².